The van der Waals surface area contributed by atoms with E-state index in [-0.39, 0.29) is 24.6 Å². The Morgan fingerprint density at radius 2 is 1.76 bits per heavy atom. The third-order valence-corrected chi connectivity index (χ3v) is 3.35. The molecule has 0 fully saturated rings. The van der Waals surface area contributed by atoms with Crippen LogP contribution in [0.5, 0.6) is 11.5 Å². The fourth-order valence-electron chi connectivity index (χ4n) is 2.06. The summed E-state index contributed by atoms with van der Waals surface area (Å²) in [6.07, 6.45) is 0.166. The van der Waals surface area contributed by atoms with Crippen molar-refractivity contribution >= 4 is 11.6 Å². The summed E-state index contributed by atoms with van der Waals surface area (Å²) in [4.78, 5) is 11.7. The number of rotatable bonds is 9. The zero-order chi connectivity index (χ0) is 18.1. The van der Waals surface area contributed by atoms with E-state index < -0.39 is 11.6 Å². The number of carbonyl (C=O) groups excluding carboxylic acids is 1. The Balaban J connectivity index is 1.60. The summed E-state index contributed by atoms with van der Waals surface area (Å²) >= 11 is 0. The molecule has 0 aromatic heterocycles. The number of halogens is 2. The molecule has 2 rings (SSSR count). The van der Waals surface area contributed by atoms with Crippen molar-refractivity contribution in [2.45, 2.75) is 6.42 Å². The fraction of sp³-hybridized carbons (Fsp3) is 0.278. The lowest BCUT2D eigenvalue weighted by molar-refractivity contribution is -0.120. The van der Waals surface area contributed by atoms with E-state index in [0.717, 1.165) is 17.9 Å². The average molecular weight is 350 g/mol. The molecule has 0 radical (unpaired) electrons. The summed E-state index contributed by atoms with van der Waals surface area (Å²) in [7, 11) is 1.59. The molecule has 2 N–H and O–H groups in total. The molecular weight excluding hydrogens is 330 g/mol. The van der Waals surface area contributed by atoms with Crippen LogP contribution in [0.1, 0.15) is 6.42 Å². The highest BCUT2D eigenvalue weighted by Gasteiger charge is 2.05. The first-order chi connectivity index (χ1) is 12.1. The first-order valence-corrected chi connectivity index (χ1v) is 7.81. The van der Waals surface area contributed by atoms with Gasteiger partial charge in [-0.1, -0.05) is 0 Å². The van der Waals surface area contributed by atoms with Crippen LogP contribution in [0, 0.1) is 11.6 Å². The van der Waals surface area contributed by atoms with Gasteiger partial charge in [-0.3, -0.25) is 4.79 Å². The van der Waals surface area contributed by atoms with Gasteiger partial charge >= 0.3 is 0 Å². The molecule has 0 aliphatic carbocycles. The largest absolute Gasteiger partial charge is 0.497 e. The van der Waals surface area contributed by atoms with Crippen LogP contribution in [0.2, 0.25) is 0 Å². The van der Waals surface area contributed by atoms with Crippen molar-refractivity contribution in [3.05, 3.63) is 54.1 Å². The Morgan fingerprint density at radius 1 is 1.04 bits per heavy atom. The molecule has 0 unspecified atom stereocenters. The number of anilines is 1. The van der Waals surface area contributed by atoms with Gasteiger partial charge in [0.05, 0.1) is 19.3 Å². The fourth-order valence-corrected chi connectivity index (χ4v) is 2.06. The number of benzene rings is 2. The molecule has 0 saturated carbocycles. The molecule has 1 amide bonds. The third kappa shape index (κ3) is 6.29. The van der Waals surface area contributed by atoms with Gasteiger partial charge in [0.1, 0.15) is 29.7 Å². The van der Waals surface area contributed by atoms with Crippen LogP contribution >= 0.6 is 0 Å². The van der Waals surface area contributed by atoms with Crippen molar-refractivity contribution in [2.24, 2.45) is 0 Å². The first kappa shape index (κ1) is 18.5. The number of nitrogens with one attached hydrogen (secondary N) is 2. The second kappa shape index (κ2) is 9.46. The lowest BCUT2D eigenvalue weighted by atomic mass is 10.3. The number of amides is 1. The summed E-state index contributed by atoms with van der Waals surface area (Å²) in [5.74, 6) is -0.0893. The van der Waals surface area contributed by atoms with Gasteiger partial charge in [0.15, 0.2) is 0 Å². The van der Waals surface area contributed by atoms with Crippen LogP contribution in [0.25, 0.3) is 0 Å². The smallest absolute Gasteiger partial charge is 0.221 e. The van der Waals surface area contributed by atoms with E-state index in [4.69, 9.17) is 9.47 Å². The second-order valence-corrected chi connectivity index (χ2v) is 5.17. The zero-order valence-corrected chi connectivity index (χ0v) is 13.9. The van der Waals surface area contributed by atoms with Gasteiger partial charge in [-0.25, -0.2) is 8.78 Å². The van der Waals surface area contributed by atoms with Crippen molar-refractivity contribution < 1.29 is 23.0 Å². The lowest BCUT2D eigenvalue weighted by Crippen LogP contribution is -2.29. The van der Waals surface area contributed by atoms with E-state index in [1.54, 1.807) is 31.4 Å². The molecule has 5 nitrogen and oxygen atoms in total. The lowest BCUT2D eigenvalue weighted by Gasteiger charge is -2.09. The topological polar surface area (TPSA) is 59.6 Å². The molecule has 134 valence electrons. The molecule has 0 atom stereocenters. The first-order valence-electron chi connectivity index (χ1n) is 7.81. The van der Waals surface area contributed by atoms with Crippen LogP contribution in [0.15, 0.2) is 42.5 Å². The van der Waals surface area contributed by atoms with E-state index in [1.807, 2.05) is 0 Å². The molecule has 0 saturated heterocycles. The molecule has 0 aliphatic rings. The predicted molar refractivity (Wildman–Crippen MR) is 91.0 cm³/mol. The third-order valence-electron chi connectivity index (χ3n) is 3.35. The number of hydrogen-bond acceptors (Lipinski definition) is 4. The van der Waals surface area contributed by atoms with Crippen molar-refractivity contribution in [3.63, 3.8) is 0 Å². The SMILES string of the molecule is COc1ccc(OCCNC(=O)CCNc2ccc(F)cc2F)cc1. The Morgan fingerprint density at radius 3 is 2.44 bits per heavy atom. The molecule has 7 heteroatoms. The molecule has 2 aromatic rings. The average Bonchev–Trinajstić information content (AvgIpc) is 2.61. The Kier molecular flexibility index (Phi) is 7.00. The highest BCUT2D eigenvalue weighted by atomic mass is 19.1. The van der Waals surface area contributed by atoms with Gasteiger partial charge in [-0.05, 0) is 36.4 Å². The number of hydrogen-bond donors (Lipinski definition) is 2. The Labute approximate surface area is 144 Å². The van der Waals surface area contributed by atoms with E-state index in [2.05, 4.69) is 10.6 Å². The van der Waals surface area contributed by atoms with Gasteiger partial charge in [0.2, 0.25) is 5.91 Å². The summed E-state index contributed by atoms with van der Waals surface area (Å²) < 4.78 is 36.7. The maximum absolute atomic E-state index is 13.4. The summed E-state index contributed by atoms with van der Waals surface area (Å²) in [6, 6.07) is 10.4. The van der Waals surface area contributed by atoms with E-state index in [0.29, 0.717) is 18.9 Å². The van der Waals surface area contributed by atoms with Crippen LogP contribution in [-0.2, 0) is 4.79 Å². The quantitative estimate of drug-likeness (QED) is 0.683. The normalized spacial score (nSPS) is 10.2. The number of ether oxygens (including phenoxy) is 2. The maximum Gasteiger partial charge on any atom is 0.221 e. The maximum atomic E-state index is 13.4. The predicted octanol–water partition coefficient (Wildman–Crippen LogP) is 2.97. The molecular formula is C18H20F2N2O3. The summed E-state index contributed by atoms with van der Waals surface area (Å²) in [5, 5.41) is 5.46. The van der Waals surface area contributed by atoms with E-state index >= 15 is 0 Å². The van der Waals surface area contributed by atoms with Gasteiger partial charge in [-0.15, -0.1) is 0 Å². The van der Waals surface area contributed by atoms with Crippen molar-refractivity contribution in [1.82, 2.24) is 5.32 Å². The Bertz CT molecular complexity index is 693. The van der Waals surface area contributed by atoms with Crippen molar-refractivity contribution in [2.75, 3.05) is 32.1 Å². The summed E-state index contributed by atoms with van der Waals surface area (Å²) in [6.45, 7) is 0.932. The van der Waals surface area contributed by atoms with E-state index in [1.165, 1.54) is 6.07 Å². The van der Waals surface area contributed by atoms with Crippen molar-refractivity contribution in [3.8, 4) is 11.5 Å². The van der Waals surface area contributed by atoms with Gasteiger partial charge in [-0.2, -0.15) is 0 Å². The van der Waals surface area contributed by atoms with Crippen molar-refractivity contribution in [1.29, 1.82) is 0 Å². The van der Waals surface area contributed by atoms with Gasteiger partial charge < -0.3 is 20.1 Å². The standard InChI is InChI=1S/C18H20F2N2O3/c1-24-14-3-5-15(6-4-14)25-11-10-22-18(23)8-9-21-17-7-2-13(19)12-16(17)20/h2-7,12,21H,8-11H2,1H3,(H,22,23). The van der Waals surface area contributed by atoms with Crippen LogP contribution in [0.4, 0.5) is 14.5 Å². The molecule has 0 heterocycles. The van der Waals surface area contributed by atoms with E-state index in [9.17, 15) is 13.6 Å². The minimum atomic E-state index is -0.687. The Hall–Kier alpha value is -2.83. The molecule has 2 aromatic carbocycles. The van der Waals surface area contributed by atoms with Gasteiger partial charge in [0, 0.05) is 19.0 Å². The minimum Gasteiger partial charge on any atom is -0.497 e. The number of methoxy groups -OCH3 is 1. The molecule has 25 heavy (non-hydrogen) atoms. The number of carbonyl (C=O) groups is 1. The highest BCUT2D eigenvalue weighted by Crippen LogP contribution is 2.16. The second-order valence-electron chi connectivity index (χ2n) is 5.17. The molecule has 0 bridgehead atoms. The van der Waals surface area contributed by atoms with Crippen LogP contribution < -0.4 is 20.1 Å². The molecule has 0 aliphatic heterocycles. The van der Waals surface area contributed by atoms with Crippen LogP contribution in [-0.4, -0.2) is 32.7 Å². The summed E-state index contributed by atoms with van der Waals surface area (Å²) in [5.41, 5.74) is 0.164. The van der Waals surface area contributed by atoms with Crippen LogP contribution in [0.3, 0.4) is 0 Å². The van der Waals surface area contributed by atoms with Gasteiger partial charge in [0.25, 0.3) is 0 Å². The molecule has 0 spiro atoms. The minimum absolute atomic E-state index is 0.164. The zero-order valence-electron chi connectivity index (χ0n) is 13.9. The monoisotopic (exact) mass is 350 g/mol. The highest BCUT2D eigenvalue weighted by molar-refractivity contribution is 5.76.